The van der Waals surface area contributed by atoms with Crippen LogP contribution >= 0.6 is 0 Å². The number of nitrogens with one attached hydrogen (secondary N) is 1. The molecule has 3 N–H and O–H groups in total. The van der Waals surface area contributed by atoms with E-state index in [0.29, 0.717) is 30.8 Å². The molecule has 5 nitrogen and oxygen atoms in total. The highest BCUT2D eigenvalue weighted by molar-refractivity contribution is 5.39. The molecule has 0 aliphatic carbocycles. The maximum Gasteiger partial charge on any atom is 0.218 e. The van der Waals surface area contributed by atoms with Crippen LogP contribution in [-0.2, 0) is 0 Å². The van der Waals surface area contributed by atoms with Crippen LogP contribution in [0.2, 0.25) is 0 Å². The van der Waals surface area contributed by atoms with Crippen molar-refractivity contribution in [1.82, 2.24) is 9.97 Å². The van der Waals surface area contributed by atoms with E-state index in [9.17, 15) is 0 Å². The van der Waals surface area contributed by atoms with Crippen LogP contribution in [0.1, 0.15) is 33.0 Å². The largest absolute Gasteiger partial charge is 0.478 e. The van der Waals surface area contributed by atoms with Crippen molar-refractivity contribution in [3.63, 3.8) is 0 Å². The minimum Gasteiger partial charge on any atom is -0.478 e. The molecule has 0 saturated carbocycles. The van der Waals surface area contributed by atoms with Crippen molar-refractivity contribution in [3.8, 4) is 5.88 Å². The zero-order valence-electron chi connectivity index (χ0n) is 11.7. The van der Waals surface area contributed by atoms with E-state index in [-0.39, 0.29) is 6.04 Å². The quantitative estimate of drug-likeness (QED) is 0.776. The highest BCUT2D eigenvalue weighted by Crippen LogP contribution is 2.16. The van der Waals surface area contributed by atoms with Gasteiger partial charge in [0.05, 0.1) is 6.61 Å². The standard InChI is InChI=1S/C13H24N4O/c1-5-18-13-7-12(15-10(4)16-13)17-11(8-14)6-9(2)3/h7,9,11H,5-6,8,14H2,1-4H3,(H,15,16,17). The molecule has 1 aromatic heterocycles. The molecule has 1 unspecified atom stereocenters. The van der Waals surface area contributed by atoms with Gasteiger partial charge >= 0.3 is 0 Å². The van der Waals surface area contributed by atoms with E-state index in [2.05, 4.69) is 29.1 Å². The Kier molecular flexibility index (Phi) is 5.85. The first-order chi connectivity index (χ1) is 8.55. The van der Waals surface area contributed by atoms with Crippen LogP contribution in [0, 0.1) is 12.8 Å². The molecule has 0 aliphatic rings. The van der Waals surface area contributed by atoms with Crippen molar-refractivity contribution in [2.24, 2.45) is 11.7 Å². The second kappa shape index (κ2) is 7.16. The highest BCUT2D eigenvalue weighted by Gasteiger charge is 2.11. The molecule has 1 rings (SSSR count). The van der Waals surface area contributed by atoms with Crippen molar-refractivity contribution in [2.75, 3.05) is 18.5 Å². The van der Waals surface area contributed by atoms with Crippen LogP contribution < -0.4 is 15.8 Å². The monoisotopic (exact) mass is 252 g/mol. The van der Waals surface area contributed by atoms with E-state index in [1.165, 1.54) is 0 Å². The summed E-state index contributed by atoms with van der Waals surface area (Å²) in [6, 6.07) is 2.05. The maximum atomic E-state index is 5.77. The third-order valence-corrected chi connectivity index (χ3v) is 2.50. The van der Waals surface area contributed by atoms with E-state index in [1.54, 1.807) is 0 Å². The lowest BCUT2D eigenvalue weighted by molar-refractivity contribution is 0.325. The molecule has 1 aromatic rings. The van der Waals surface area contributed by atoms with Gasteiger partial charge in [-0.1, -0.05) is 13.8 Å². The van der Waals surface area contributed by atoms with E-state index < -0.39 is 0 Å². The van der Waals surface area contributed by atoms with Gasteiger partial charge in [-0.05, 0) is 26.2 Å². The number of nitrogens with zero attached hydrogens (tertiary/aromatic N) is 2. The Bertz CT molecular complexity index is 368. The first-order valence-corrected chi connectivity index (χ1v) is 6.50. The molecule has 18 heavy (non-hydrogen) atoms. The summed E-state index contributed by atoms with van der Waals surface area (Å²) in [5.41, 5.74) is 5.77. The molecular weight excluding hydrogens is 228 g/mol. The second-order valence-electron chi connectivity index (χ2n) is 4.78. The van der Waals surface area contributed by atoms with Gasteiger partial charge in [0.15, 0.2) is 0 Å². The van der Waals surface area contributed by atoms with Crippen molar-refractivity contribution in [3.05, 3.63) is 11.9 Å². The van der Waals surface area contributed by atoms with Gasteiger partial charge in [0.2, 0.25) is 5.88 Å². The molecule has 0 aliphatic heterocycles. The van der Waals surface area contributed by atoms with Crippen molar-refractivity contribution in [2.45, 2.75) is 40.2 Å². The zero-order chi connectivity index (χ0) is 13.5. The fourth-order valence-corrected chi connectivity index (χ4v) is 1.83. The van der Waals surface area contributed by atoms with E-state index in [4.69, 9.17) is 10.5 Å². The molecule has 1 atom stereocenters. The Balaban J connectivity index is 2.75. The van der Waals surface area contributed by atoms with Gasteiger partial charge in [-0.15, -0.1) is 0 Å². The summed E-state index contributed by atoms with van der Waals surface area (Å²) in [5, 5.41) is 3.34. The summed E-state index contributed by atoms with van der Waals surface area (Å²) in [7, 11) is 0. The van der Waals surface area contributed by atoms with Crippen LogP contribution in [0.25, 0.3) is 0 Å². The molecule has 0 bridgehead atoms. The minimum atomic E-state index is 0.230. The van der Waals surface area contributed by atoms with Crippen LogP contribution in [0.15, 0.2) is 6.07 Å². The van der Waals surface area contributed by atoms with E-state index >= 15 is 0 Å². The Morgan fingerprint density at radius 3 is 2.67 bits per heavy atom. The number of ether oxygens (including phenoxy) is 1. The summed E-state index contributed by atoms with van der Waals surface area (Å²) in [6.45, 7) is 9.34. The van der Waals surface area contributed by atoms with Gasteiger partial charge in [-0.2, -0.15) is 4.98 Å². The number of aromatic nitrogens is 2. The lowest BCUT2D eigenvalue weighted by Gasteiger charge is -2.19. The van der Waals surface area contributed by atoms with Gasteiger partial charge in [0, 0.05) is 18.7 Å². The summed E-state index contributed by atoms with van der Waals surface area (Å²) in [5.74, 6) is 2.68. The third kappa shape index (κ3) is 4.87. The summed E-state index contributed by atoms with van der Waals surface area (Å²) >= 11 is 0. The lowest BCUT2D eigenvalue weighted by Crippen LogP contribution is -2.30. The number of hydrogen-bond acceptors (Lipinski definition) is 5. The summed E-state index contributed by atoms with van der Waals surface area (Å²) < 4.78 is 5.40. The van der Waals surface area contributed by atoms with Gasteiger partial charge in [0.25, 0.3) is 0 Å². The average molecular weight is 252 g/mol. The van der Waals surface area contributed by atoms with E-state index in [0.717, 1.165) is 12.2 Å². The molecule has 0 fully saturated rings. The van der Waals surface area contributed by atoms with Gasteiger partial charge in [0.1, 0.15) is 11.6 Å². The minimum absolute atomic E-state index is 0.230. The second-order valence-corrected chi connectivity index (χ2v) is 4.78. The molecular formula is C13H24N4O. The van der Waals surface area contributed by atoms with Gasteiger partial charge < -0.3 is 15.8 Å². The van der Waals surface area contributed by atoms with Crippen LogP contribution in [0.4, 0.5) is 5.82 Å². The van der Waals surface area contributed by atoms with Crippen LogP contribution in [-0.4, -0.2) is 29.2 Å². The first-order valence-electron chi connectivity index (χ1n) is 6.50. The predicted molar refractivity (Wildman–Crippen MR) is 73.9 cm³/mol. The molecule has 0 aromatic carbocycles. The fourth-order valence-electron chi connectivity index (χ4n) is 1.83. The third-order valence-electron chi connectivity index (χ3n) is 2.50. The van der Waals surface area contributed by atoms with Gasteiger partial charge in [-0.3, -0.25) is 0 Å². The van der Waals surface area contributed by atoms with Crippen molar-refractivity contribution < 1.29 is 4.74 Å². The SMILES string of the molecule is CCOc1cc(NC(CN)CC(C)C)nc(C)n1. The molecule has 0 radical (unpaired) electrons. The maximum absolute atomic E-state index is 5.77. The summed E-state index contributed by atoms with van der Waals surface area (Å²) in [6.07, 6.45) is 1.02. The molecule has 0 saturated heterocycles. The zero-order valence-corrected chi connectivity index (χ0v) is 11.7. The molecule has 0 amide bonds. The number of nitrogens with two attached hydrogens (primary N) is 1. The predicted octanol–water partition coefficient (Wildman–Crippen LogP) is 1.97. The molecule has 1 heterocycles. The molecule has 102 valence electrons. The lowest BCUT2D eigenvalue weighted by atomic mass is 10.0. The van der Waals surface area contributed by atoms with Crippen molar-refractivity contribution in [1.29, 1.82) is 0 Å². The number of rotatable bonds is 7. The van der Waals surface area contributed by atoms with Crippen LogP contribution in [0.5, 0.6) is 5.88 Å². The van der Waals surface area contributed by atoms with Gasteiger partial charge in [-0.25, -0.2) is 4.98 Å². The first kappa shape index (κ1) is 14.7. The smallest absolute Gasteiger partial charge is 0.218 e. The fraction of sp³-hybridized carbons (Fsp3) is 0.692. The Morgan fingerprint density at radius 2 is 2.11 bits per heavy atom. The van der Waals surface area contributed by atoms with E-state index in [1.807, 2.05) is 19.9 Å². The van der Waals surface area contributed by atoms with Crippen LogP contribution in [0.3, 0.4) is 0 Å². The number of aryl methyl sites for hydroxylation is 1. The highest BCUT2D eigenvalue weighted by atomic mass is 16.5. The number of hydrogen-bond donors (Lipinski definition) is 2. The normalized spacial score (nSPS) is 12.6. The molecule has 5 heteroatoms. The summed E-state index contributed by atoms with van der Waals surface area (Å²) in [4.78, 5) is 8.57. The Hall–Kier alpha value is -1.36. The Labute approximate surface area is 109 Å². The van der Waals surface area contributed by atoms with Crippen molar-refractivity contribution >= 4 is 5.82 Å². The Morgan fingerprint density at radius 1 is 1.39 bits per heavy atom. The molecule has 0 spiro atoms. The number of anilines is 1. The average Bonchev–Trinajstić information content (AvgIpc) is 2.27. The topological polar surface area (TPSA) is 73.1 Å².